The van der Waals surface area contributed by atoms with Crippen LogP contribution in [0.15, 0.2) is 4.42 Å². The van der Waals surface area contributed by atoms with E-state index in [4.69, 9.17) is 14.3 Å². The summed E-state index contributed by atoms with van der Waals surface area (Å²) in [5.41, 5.74) is 0.631. The molecule has 2 heterocycles. The lowest BCUT2D eigenvalue weighted by atomic mass is 10.0. The Labute approximate surface area is 98.8 Å². The van der Waals surface area contributed by atoms with Crippen LogP contribution in [0.1, 0.15) is 60.2 Å². The van der Waals surface area contributed by atoms with Gasteiger partial charge in [-0.25, -0.2) is 9.78 Å². The lowest BCUT2D eigenvalue weighted by Crippen LogP contribution is -2.09. The number of carboxylic acids is 1. The predicted molar refractivity (Wildman–Crippen MR) is 58.2 cm³/mol. The van der Waals surface area contributed by atoms with Crippen LogP contribution in [0, 0.1) is 0 Å². The number of nitrogens with zero attached hydrogens (tertiary/aromatic N) is 1. The highest BCUT2D eigenvalue weighted by Gasteiger charge is 2.37. The van der Waals surface area contributed by atoms with Crippen molar-refractivity contribution in [1.82, 2.24) is 4.98 Å². The molecule has 92 valence electrons. The number of hydrogen-bond donors (Lipinski definition) is 1. The maximum atomic E-state index is 11.1. The minimum Gasteiger partial charge on any atom is -0.475 e. The Morgan fingerprint density at radius 1 is 1.41 bits per heavy atom. The molecule has 1 N–H and O–H groups in total. The topological polar surface area (TPSA) is 72.6 Å². The molecular formula is C12H15NO4. The van der Waals surface area contributed by atoms with Crippen LogP contribution in [0.2, 0.25) is 0 Å². The van der Waals surface area contributed by atoms with E-state index in [1.54, 1.807) is 0 Å². The molecule has 1 saturated heterocycles. The van der Waals surface area contributed by atoms with Crippen molar-refractivity contribution >= 4 is 5.97 Å². The van der Waals surface area contributed by atoms with E-state index in [2.05, 4.69) is 4.98 Å². The molecule has 17 heavy (non-hydrogen) atoms. The van der Waals surface area contributed by atoms with Gasteiger partial charge in [-0.3, -0.25) is 0 Å². The van der Waals surface area contributed by atoms with Crippen LogP contribution in [0.4, 0.5) is 0 Å². The van der Waals surface area contributed by atoms with Gasteiger partial charge in [-0.1, -0.05) is 0 Å². The van der Waals surface area contributed by atoms with E-state index in [0.717, 1.165) is 19.3 Å². The number of aromatic nitrogens is 1. The van der Waals surface area contributed by atoms with Crippen LogP contribution in [0.25, 0.3) is 0 Å². The van der Waals surface area contributed by atoms with Gasteiger partial charge in [-0.05, 0) is 26.2 Å². The summed E-state index contributed by atoms with van der Waals surface area (Å²) in [6.45, 7) is 2.66. The standard InChI is InChI=1S/C12H15NO4/c1-6-8(4-5-16-6)11-13-9(7-2-3-7)10(17-11)12(14)15/h6-8H,2-5H2,1H3,(H,14,15). The highest BCUT2D eigenvalue weighted by molar-refractivity contribution is 5.86. The van der Waals surface area contributed by atoms with E-state index in [-0.39, 0.29) is 23.7 Å². The minimum absolute atomic E-state index is 0.0293. The van der Waals surface area contributed by atoms with Gasteiger partial charge in [0.25, 0.3) is 0 Å². The predicted octanol–water partition coefficient (Wildman–Crippen LogP) is 2.14. The van der Waals surface area contributed by atoms with Crippen molar-refractivity contribution in [3.63, 3.8) is 0 Å². The molecule has 2 unspecified atom stereocenters. The first-order valence-corrected chi connectivity index (χ1v) is 6.02. The number of carbonyl (C=O) groups is 1. The van der Waals surface area contributed by atoms with Gasteiger partial charge in [0, 0.05) is 12.5 Å². The minimum atomic E-state index is -1.02. The molecule has 1 aromatic heterocycles. The van der Waals surface area contributed by atoms with E-state index in [1.165, 1.54) is 0 Å². The van der Waals surface area contributed by atoms with Crippen LogP contribution in [-0.4, -0.2) is 28.8 Å². The number of rotatable bonds is 3. The Kier molecular flexibility index (Phi) is 2.43. The number of ether oxygens (including phenoxy) is 1. The van der Waals surface area contributed by atoms with Crippen molar-refractivity contribution in [2.75, 3.05) is 6.61 Å². The van der Waals surface area contributed by atoms with Crippen LogP contribution in [-0.2, 0) is 4.74 Å². The Morgan fingerprint density at radius 2 is 2.18 bits per heavy atom. The average Bonchev–Trinajstić information content (AvgIpc) is 2.88. The zero-order valence-electron chi connectivity index (χ0n) is 9.68. The molecular weight excluding hydrogens is 222 g/mol. The second-order valence-electron chi connectivity index (χ2n) is 4.82. The molecule has 2 atom stereocenters. The van der Waals surface area contributed by atoms with E-state index in [1.807, 2.05) is 6.92 Å². The average molecular weight is 237 g/mol. The molecule has 5 heteroatoms. The second kappa shape index (κ2) is 3.84. The van der Waals surface area contributed by atoms with Gasteiger partial charge in [0.2, 0.25) is 11.7 Å². The molecule has 2 fully saturated rings. The van der Waals surface area contributed by atoms with Crippen molar-refractivity contribution < 1.29 is 19.1 Å². The lowest BCUT2D eigenvalue weighted by Gasteiger charge is -2.08. The van der Waals surface area contributed by atoms with Gasteiger partial charge in [0.1, 0.15) is 0 Å². The fourth-order valence-corrected chi connectivity index (χ4v) is 2.35. The smallest absolute Gasteiger partial charge is 0.373 e. The summed E-state index contributed by atoms with van der Waals surface area (Å²) in [4.78, 5) is 15.5. The van der Waals surface area contributed by atoms with Crippen molar-refractivity contribution in [2.24, 2.45) is 0 Å². The number of hydrogen-bond acceptors (Lipinski definition) is 4. The first-order valence-electron chi connectivity index (χ1n) is 6.02. The van der Waals surface area contributed by atoms with Crippen molar-refractivity contribution in [3.05, 3.63) is 17.3 Å². The number of carboxylic acid groups (broad SMARTS) is 1. The zero-order chi connectivity index (χ0) is 12.0. The maximum absolute atomic E-state index is 11.1. The molecule has 1 saturated carbocycles. The Morgan fingerprint density at radius 3 is 2.71 bits per heavy atom. The summed E-state index contributed by atoms with van der Waals surface area (Å²) in [5.74, 6) is -0.0649. The van der Waals surface area contributed by atoms with Gasteiger partial charge in [-0.2, -0.15) is 0 Å². The van der Waals surface area contributed by atoms with Crippen LogP contribution < -0.4 is 0 Å². The van der Waals surface area contributed by atoms with Crippen molar-refractivity contribution in [3.8, 4) is 0 Å². The lowest BCUT2D eigenvalue weighted by molar-refractivity contribution is 0.0654. The molecule has 1 aliphatic heterocycles. The molecule has 0 spiro atoms. The van der Waals surface area contributed by atoms with Crippen LogP contribution in [0.5, 0.6) is 0 Å². The normalized spacial score (nSPS) is 28.5. The molecule has 3 rings (SSSR count). The highest BCUT2D eigenvalue weighted by atomic mass is 16.5. The van der Waals surface area contributed by atoms with E-state index in [9.17, 15) is 4.79 Å². The molecule has 0 amide bonds. The third-order valence-corrected chi connectivity index (χ3v) is 3.52. The molecule has 1 aliphatic carbocycles. The monoisotopic (exact) mass is 237 g/mol. The van der Waals surface area contributed by atoms with Crippen molar-refractivity contribution in [1.29, 1.82) is 0 Å². The summed E-state index contributed by atoms with van der Waals surface area (Å²) < 4.78 is 10.9. The Balaban J connectivity index is 1.95. The summed E-state index contributed by atoms with van der Waals surface area (Å²) in [6.07, 6.45) is 2.94. The molecule has 1 aromatic rings. The SMILES string of the molecule is CC1OCCC1c1nc(C2CC2)c(C(=O)O)o1. The van der Waals surface area contributed by atoms with E-state index in [0.29, 0.717) is 18.2 Å². The first-order chi connectivity index (χ1) is 8.16. The Bertz CT molecular complexity index is 449. The third kappa shape index (κ3) is 1.84. The first kappa shape index (κ1) is 10.8. The van der Waals surface area contributed by atoms with E-state index >= 15 is 0 Å². The van der Waals surface area contributed by atoms with Crippen LogP contribution >= 0.6 is 0 Å². The highest BCUT2D eigenvalue weighted by Crippen LogP contribution is 2.43. The zero-order valence-corrected chi connectivity index (χ0v) is 9.68. The third-order valence-electron chi connectivity index (χ3n) is 3.52. The van der Waals surface area contributed by atoms with Crippen LogP contribution in [0.3, 0.4) is 0 Å². The van der Waals surface area contributed by atoms with Gasteiger partial charge in [-0.15, -0.1) is 0 Å². The molecule has 0 bridgehead atoms. The molecule has 5 nitrogen and oxygen atoms in total. The summed E-state index contributed by atoms with van der Waals surface area (Å²) >= 11 is 0. The van der Waals surface area contributed by atoms with Gasteiger partial charge in [0.15, 0.2) is 0 Å². The summed E-state index contributed by atoms with van der Waals surface area (Å²) in [7, 11) is 0. The van der Waals surface area contributed by atoms with E-state index < -0.39 is 5.97 Å². The summed E-state index contributed by atoms with van der Waals surface area (Å²) in [5, 5.41) is 9.10. The second-order valence-corrected chi connectivity index (χ2v) is 4.82. The fourth-order valence-electron chi connectivity index (χ4n) is 2.35. The maximum Gasteiger partial charge on any atom is 0.373 e. The van der Waals surface area contributed by atoms with Gasteiger partial charge >= 0.3 is 5.97 Å². The quantitative estimate of drug-likeness (QED) is 0.871. The van der Waals surface area contributed by atoms with Crippen molar-refractivity contribution in [2.45, 2.75) is 44.1 Å². The molecule has 2 aliphatic rings. The Hall–Kier alpha value is -1.36. The summed E-state index contributed by atoms with van der Waals surface area (Å²) in [6, 6.07) is 0. The van der Waals surface area contributed by atoms with Gasteiger partial charge in [0.05, 0.1) is 17.7 Å². The van der Waals surface area contributed by atoms with Gasteiger partial charge < -0.3 is 14.3 Å². The largest absolute Gasteiger partial charge is 0.475 e. The number of aromatic carboxylic acids is 1. The fraction of sp³-hybridized carbons (Fsp3) is 0.667. The number of oxazole rings is 1. The molecule has 0 radical (unpaired) electrons. The molecule has 0 aromatic carbocycles.